The smallest absolute Gasteiger partial charge is 0.128 e. The summed E-state index contributed by atoms with van der Waals surface area (Å²) in [5, 5.41) is 3.13. The zero-order chi connectivity index (χ0) is 13.8. The molecular weight excluding hydrogens is 311 g/mol. The minimum atomic E-state index is -0.168. The first kappa shape index (κ1) is 14.9. The molecule has 0 radical (unpaired) electrons. The molecule has 2 rings (SSSR count). The SMILES string of the molecule is CCN1CCOC(CNC)C1c1cc(Br)ccc1F. The first-order chi connectivity index (χ1) is 9.17. The van der Waals surface area contributed by atoms with Crippen molar-refractivity contribution in [3.8, 4) is 0 Å². The first-order valence-corrected chi connectivity index (χ1v) is 7.41. The van der Waals surface area contributed by atoms with Gasteiger partial charge in [0.15, 0.2) is 0 Å². The van der Waals surface area contributed by atoms with Crippen molar-refractivity contribution >= 4 is 15.9 Å². The Labute approximate surface area is 122 Å². The van der Waals surface area contributed by atoms with E-state index in [9.17, 15) is 4.39 Å². The number of rotatable bonds is 4. The molecule has 1 heterocycles. The Balaban J connectivity index is 2.36. The van der Waals surface area contributed by atoms with E-state index in [4.69, 9.17) is 4.74 Å². The van der Waals surface area contributed by atoms with Gasteiger partial charge >= 0.3 is 0 Å². The van der Waals surface area contributed by atoms with Crippen molar-refractivity contribution in [3.63, 3.8) is 0 Å². The number of nitrogens with one attached hydrogen (secondary N) is 1. The van der Waals surface area contributed by atoms with Gasteiger partial charge in [-0.1, -0.05) is 22.9 Å². The molecule has 2 atom stereocenters. The van der Waals surface area contributed by atoms with Gasteiger partial charge in [-0.15, -0.1) is 0 Å². The van der Waals surface area contributed by atoms with Crippen LogP contribution < -0.4 is 5.32 Å². The van der Waals surface area contributed by atoms with Crippen molar-refractivity contribution in [2.24, 2.45) is 0 Å². The third-order valence-corrected chi connectivity index (χ3v) is 4.04. The molecule has 1 aliphatic rings. The largest absolute Gasteiger partial charge is 0.374 e. The van der Waals surface area contributed by atoms with Crippen molar-refractivity contribution in [1.29, 1.82) is 0 Å². The molecule has 1 N–H and O–H groups in total. The molecule has 19 heavy (non-hydrogen) atoms. The Morgan fingerprint density at radius 3 is 3.00 bits per heavy atom. The van der Waals surface area contributed by atoms with Crippen LogP contribution in [0.5, 0.6) is 0 Å². The molecule has 1 saturated heterocycles. The fourth-order valence-electron chi connectivity index (χ4n) is 2.65. The summed E-state index contributed by atoms with van der Waals surface area (Å²) in [4.78, 5) is 2.27. The van der Waals surface area contributed by atoms with Crippen LogP contribution in [0.3, 0.4) is 0 Å². The second kappa shape index (κ2) is 6.79. The Bertz CT molecular complexity index is 428. The molecule has 0 saturated carbocycles. The average molecular weight is 331 g/mol. The number of morpholine rings is 1. The predicted octanol–water partition coefficient (Wildman–Crippen LogP) is 2.57. The minimum Gasteiger partial charge on any atom is -0.374 e. The number of likely N-dealkylation sites (N-methyl/N-ethyl adjacent to an activating group) is 2. The molecule has 3 nitrogen and oxygen atoms in total. The summed E-state index contributed by atoms with van der Waals surface area (Å²) >= 11 is 3.42. The van der Waals surface area contributed by atoms with Gasteiger partial charge in [0.25, 0.3) is 0 Å². The second-order valence-electron chi connectivity index (χ2n) is 4.71. The van der Waals surface area contributed by atoms with Crippen molar-refractivity contribution in [2.75, 3.05) is 33.3 Å². The van der Waals surface area contributed by atoms with Crippen molar-refractivity contribution in [1.82, 2.24) is 10.2 Å². The van der Waals surface area contributed by atoms with E-state index in [0.29, 0.717) is 18.7 Å². The summed E-state index contributed by atoms with van der Waals surface area (Å²) in [6.07, 6.45) is -0.0255. The van der Waals surface area contributed by atoms with Gasteiger partial charge in [0.05, 0.1) is 18.8 Å². The van der Waals surface area contributed by atoms with Crippen molar-refractivity contribution in [3.05, 3.63) is 34.1 Å². The maximum atomic E-state index is 14.2. The van der Waals surface area contributed by atoms with Gasteiger partial charge in [0.2, 0.25) is 0 Å². The highest BCUT2D eigenvalue weighted by Crippen LogP contribution is 2.32. The quantitative estimate of drug-likeness (QED) is 0.918. The van der Waals surface area contributed by atoms with E-state index in [0.717, 1.165) is 17.6 Å². The molecule has 2 unspecified atom stereocenters. The van der Waals surface area contributed by atoms with E-state index in [1.54, 1.807) is 6.07 Å². The number of ether oxygens (including phenoxy) is 1. The van der Waals surface area contributed by atoms with E-state index < -0.39 is 0 Å². The van der Waals surface area contributed by atoms with E-state index in [1.165, 1.54) is 6.07 Å². The van der Waals surface area contributed by atoms with Gasteiger partial charge in [-0.2, -0.15) is 0 Å². The Morgan fingerprint density at radius 2 is 2.32 bits per heavy atom. The first-order valence-electron chi connectivity index (χ1n) is 6.62. The zero-order valence-electron chi connectivity index (χ0n) is 11.3. The van der Waals surface area contributed by atoms with Gasteiger partial charge in [-0.3, -0.25) is 4.90 Å². The summed E-state index contributed by atoms with van der Waals surface area (Å²) in [6.45, 7) is 5.25. The Morgan fingerprint density at radius 1 is 1.53 bits per heavy atom. The van der Waals surface area contributed by atoms with Gasteiger partial charge in [0, 0.05) is 23.1 Å². The third kappa shape index (κ3) is 3.34. The fraction of sp³-hybridized carbons (Fsp3) is 0.571. The van der Waals surface area contributed by atoms with Crippen molar-refractivity contribution < 1.29 is 9.13 Å². The van der Waals surface area contributed by atoms with Crippen molar-refractivity contribution in [2.45, 2.75) is 19.1 Å². The normalized spacial score (nSPS) is 24.6. The molecule has 1 aromatic rings. The minimum absolute atomic E-state index is 0.0255. The highest BCUT2D eigenvalue weighted by molar-refractivity contribution is 9.10. The monoisotopic (exact) mass is 330 g/mol. The number of nitrogens with zero attached hydrogens (tertiary/aromatic N) is 1. The van der Waals surface area contributed by atoms with Crippen LogP contribution >= 0.6 is 15.9 Å². The lowest BCUT2D eigenvalue weighted by Gasteiger charge is -2.41. The van der Waals surface area contributed by atoms with E-state index in [2.05, 4.69) is 33.1 Å². The van der Waals surface area contributed by atoms with Gasteiger partial charge in [0.1, 0.15) is 5.82 Å². The summed E-state index contributed by atoms with van der Waals surface area (Å²) < 4.78 is 20.9. The molecule has 106 valence electrons. The van der Waals surface area contributed by atoms with Crippen LogP contribution in [-0.4, -0.2) is 44.3 Å². The molecule has 0 aromatic heterocycles. The summed E-state index contributed by atoms with van der Waals surface area (Å²) in [6, 6.07) is 5.06. The number of benzene rings is 1. The Kier molecular flexibility index (Phi) is 5.33. The lowest BCUT2D eigenvalue weighted by Crippen LogP contribution is -2.48. The van der Waals surface area contributed by atoms with E-state index >= 15 is 0 Å². The van der Waals surface area contributed by atoms with Crippen LogP contribution in [0.4, 0.5) is 4.39 Å². The molecule has 0 spiro atoms. The summed E-state index contributed by atoms with van der Waals surface area (Å²) in [7, 11) is 1.89. The van der Waals surface area contributed by atoms with Gasteiger partial charge in [-0.25, -0.2) is 4.39 Å². The third-order valence-electron chi connectivity index (χ3n) is 3.54. The highest BCUT2D eigenvalue weighted by atomic mass is 79.9. The molecule has 1 aliphatic heterocycles. The summed E-state index contributed by atoms with van der Waals surface area (Å²) in [5.41, 5.74) is 0.705. The molecule has 5 heteroatoms. The maximum Gasteiger partial charge on any atom is 0.128 e. The molecule has 1 aromatic carbocycles. The predicted molar refractivity (Wildman–Crippen MR) is 77.8 cm³/mol. The number of hydrogen-bond donors (Lipinski definition) is 1. The van der Waals surface area contributed by atoms with Crippen LogP contribution in [0.25, 0.3) is 0 Å². The maximum absolute atomic E-state index is 14.2. The Hall–Kier alpha value is -0.490. The van der Waals surface area contributed by atoms with Crippen LogP contribution in [0, 0.1) is 5.82 Å². The molecule has 0 aliphatic carbocycles. The number of halogens is 2. The fourth-order valence-corrected chi connectivity index (χ4v) is 3.03. The second-order valence-corrected chi connectivity index (χ2v) is 5.62. The standard InChI is InChI=1S/C14H20BrFN2O/c1-3-18-6-7-19-13(9-17-2)14(18)11-8-10(15)4-5-12(11)16/h4-5,8,13-14,17H,3,6-7,9H2,1-2H3. The van der Waals surface area contributed by atoms with Crippen LogP contribution in [0.1, 0.15) is 18.5 Å². The van der Waals surface area contributed by atoms with E-state index in [-0.39, 0.29) is 18.0 Å². The molecule has 0 bridgehead atoms. The zero-order valence-corrected chi connectivity index (χ0v) is 12.9. The van der Waals surface area contributed by atoms with Crippen LogP contribution in [0.2, 0.25) is 0 Å². The summed E-state index contributed by atoms with van der Waals surface area (Å²) in [5.74, 6) is -0.168. The molecular formula is C14H20BrFN2O. The topological polar surface area (TPSA) is 24.5 Å². The van der Waals surface area contributed by atoms with Gasteiger partial charge in [-0.05, 0) is 31.8 Å². The average Bonchev–Trinajstić information content (AvgIpc) is 2.42. The van der Waals surface area contributed by atoms with Crippen LogP contribution in [0.15, 0.2) is 22.7 Å². The van der Waals surface area contributed by atoms with Gasteiger partial charge < -0.3 is 10.1 Å². The molecule has 1 fully saturated rings. The van der Waals surface area contributed by atoms with Crippen LogP contribution in [-0.2, 0) is 4.74 Å². The number of hydrogen-bond acceptors (Lipinski definition) is 3. The molecule has 0 amide bonds. The highest BCUT2D eigenvalue weighted by Gasteiger charge is 2.34. The lowest BCUT2D eigenvalue weighted by atomic mass is 9.97. The lowest BCUT2D eigenvalue weighted by molar-refractivity contribution is -0.0696. The van der Waals surface area contributed by atoms with E-state index in [1.807, 2.05) is 13.1 Å².